The van der Waals surface area contributed by atoms with Crippen LogP contribution in [0.1, 0.15) is 51.7 Å². The summed E-state index contributed by atoms with van der Waals surface area (Å²) in [7, 11) is 0. The van der Waals surface area contributed by atoms with Crippen molar-refractivity contribution in [2.75, 3.05) is 0 Å². The Morgan fingerprint density at radius 3 is 1.87 bits per heavy atom. The van der Waals surface area contributed by atoms with Gasteiger partial charge in [0.25, 0.3) is 0 Å². The molecule has 0 radical (unpaired) electrons. The van der Waals surface area contributed by atoms with Crippen molar-refractivity contribution in [3.05, 3.63) is 157 Å². The molecule has 3 heteroatoms. The fourth-order valence-electron chi connectivity index (χ4n) is 9.45. The van der Waals surface area contributed by atoms with Crippen LogP contribution in [-0.4, -0.2) is 9.13 Å². The van der Waals surface area contributed by atoms with Gasteiger partial charge in [-0.05, 0) is 113 Å². The molecule has 53 heavy (non-hydrogen) atoms. The molecule has 1 aliphatic rings. The molecule has 0 saturated carbocycles. The van der Waals surface area contributed by atoms with Gasteiger partial charge in [-0.25, -0.2) is 0 Å². The number of nitrogens with zero attached hydrogens (tertiary/aromatic N) is 2. The summed E-state index contributed by atoms with van der Waals surface area (Å²) in [6.45, 7) is 9.75. The maximum absolute atomic E-state index is 2.57. The van der Waals surface area contributed by atoms with Crippen LogP contribution in [0.2, 0.25) is 0 Å². The SMILES string of the molecule is CC1(C)CCC(C)(C)c2cc3c(cc21)c1c(ccc2c4ccccc4n(-c4ccc(-c5ccc6sc7ccccc7c6c5)cc4)c21)n3-c1ccccc1. The molecule has 0 amide bonds. The van der Waals surface area contributed by atoms with Gasteiger partial charge in [0.05, 0.1) is 22.1 Å². The number of hydrogen-bond acceptors (Lipinski definition) is 1. The molecular weight excluding hydrogens is 661 g/mol. The van der Waals surface area contributed by atoms with Crippen molar-refractivity contribution in [2.24, 2.45) is 0 Å². The van der Waals surface area contributed by atoms with Gasteiger partial charge in [-0.3, -0.25) is 0 Å². The third-order valence-electron chi connectivity index (χ3n) is 12.4. The van der Waals surface area contributed by atoms with Gasteiger partial charge in [0.1, 0.15) is 0 Å². The summed E-state index contributed by atoms with van der Waals surface area (Å²) < 4.78 is 7.71. The van der Waals surface area contributed by atoms with Crippen molar-refractivity contribution < 1.29 is 0 Å². The molecule has 0 fully saturated rings. The summed E-state index contributed by atoms with van der Waals surface area (Å²) in [4.78, 5) is 0. The highest BCUT2D eigenvalue weighted by molar-refractivity contribution is 7.25. The van der Waals surface area contributed by atoms with Crippen LogP contribution in [0, 0.1) is 0 Å². The molecule has 0 atom stereocenters. The second-order valence-electron chi connectivity index (χ2n) is 16.4. The Morgan fingerprint density at radius 2 is 1.08 bits per heavy atom. The number of aromatic nitrogens is 2. The topological polar surface area (TPSA) is 9.86 Å². The second kappa shape index (κ2) is 10.9. The van der Waals surface area contributed by atoms with Crippen molar-refractivity contribution in [2.45, 2.75) is 51.4 Å². The first-order chi connectivity index (χ1) is 25.8. The van der Waals surface area contributed by atoms with Crippen molar-refractivity contribution in [1.29, 1.82) is 0 Å². The first-order valence-electron chi connectivity index (χ1n) is 18.9. The largest absolute Gasteiger partial charge is 0.309 e. The molecular formula is C50H40N2S. The van der Waals surface area contributed by atoms with E-state index in [1.54, 1.807) is 0 Å². The molecule has 0 saturated heterocycles. The van der Waals surface area contributed by atoms with E-state index in [1.807, 2.05) is 11.3 Å². The number of hydrogen-bond donors (Lipinski definition) is 0. The van der Waals surface area contributed by atoms with Crippen LogP contribution in [0.3, 0.4) is 0 Å². The van der Waals surface area contributed by atoms with E-state index in [-0.39, 0.29) is 10.8 Å². The summed E-state index contributed by atoms with van der Waals surface area (Å²) in [5.74, 6) is 0. The Hall–Kier alpha value is -5.64. The van der Waals surface area contributed by atoms with Crippen molar-refractivity contribution >= 4 is 75.1 Å². The maximum atomic E-state index is 2.57. The number of benzene rings is 7. The van der Waals surface area contributed by atoms with E-state index in [1.165, 1.54) is 110 Å². The summed E-state index contributed by atoms with van der Waals surface area (Å²) in [5, 5.41) is 7.89. The van der Waals surface area contributed by atoms with E-state index in [2.05, 4.69) is 182 Å². The Labute approximate surface area is 313 Å². The predicted octanol–water partition coefficient (Wildman–Crippen LogP) is 14.3. The first kappa shape index (κ1) is 30.9. The summed E-state index contributed by atoms with van der Waals surface area (Å²) in [6.07, 6.45) is 2.38. The van der Waals surface area contributed by atoms with Gasteiger partial charge in [-0.2, -0.15) is 0 Å². The lowest BCUT2D eigenvalue weighted by Crippen LogP contribution is -2.33. The molecule has 3 aromatic heterocycles. The minimum atomic E-state index is 0.106. The van der Waals surface area contributed by atoms with Crippen LogP contribution in [0.4, 0.5) is 0 Å². The zero-order chi connectivity index (χ0) is 35.6. The third-order valence-corrected chi connectivity index (χ3v) is 13.5. The molecule has 0 N–H and O–H groups in total. The highest BCUT2D eigenvalue weighted by Gasteiger charge is 2.38. The fraction of sp³-hybridized carbons (Fsp3) is 0.160. The van der Waals surface area contributed by atoms with E-state index in [9.17, 15) is 0 Å². The molecule has 2 nitrogen and oxygen atoms in total. The summed E-state index contributed by atoms with van der Waals surface area (Å²) >= 11 is 1.87. The molecule has 1 aliphatic carbocycles. The van der Waals surface area contributed by atoms with Crippen molar-refractivity contribution in [3.63, 3.8) is 0 Å². The quantitative estimate of drug-likeness (QED) is 0.174. The van der Waals surface area contributed by atoms with Crippen LogP contribution in [0.15, 0.2) is 146 Å². The van der Waals surface area contributed by atoms with E-state index in [0.29, 0.717) is 0 Å². The van der Waals surface area contributed by atoms with Gasteiger partial charge in [-0.1, -0.05) is 107 Å². The number of fused-ring (bicyclic) bond motifs is 11. The van der Waals surface area contributed by atoms with Gasteiger partial charge in [0, 0.05) is 53.1 Å². The number of thiophene rings is 1. The average molecular weight is 701 g/mol. The minimum absolute atomic E-state index is 0.106. The molecule has 0 unspecified atom stereocenters. The second-order valence-corrected chi connectivity index (χ2v) is 17.5. The van der Waals surface area contributed by atoms with E-state index in [0.717, 1.165) is 0 Å². The monoisotopic (exact) mass is 700 g/mol. The van der Waals surface area contributed by atoms with Crippen molar-refractivity contribution in [1.82, 2.24) is 9.13 Å². The maximum Gasteiger partial charge on any atom is 0.0641 e. The zero-order valence-corrected chi connectivity index (χ0v) is 31.4. The average Bonchev–Trinajstić information content (AvgIpc) is 3.84. The molecule has 7 aromatic carbocycles. The lowest BCUT2D eigenvalue weighted by atomic mass is 9.63. The molecule has 0 bridgehead atoms. The molecule has 256 valence electrons. The minimum Gasteiger partial charge on any atom is -0.309 e. The first-order valence-corrected chi connectivity index (χ1v) is 19.7. The molecule has 0 aliphatic heterocycles. The third kappa shape index (κ3) is 4.44. The van der Waals surface area contributed by atoms with Gasteiger partial charge < -0.3 is 9.13 Å². The lowest BCUT2D eigenvalue weighted by Gasteiger charge is -2.42. The van der Waals surface area contributed by atoms with Gasteiger partial charge in [-0.15, -0.1) is 11.3 Å². The lowest BCUT2D eigenvalue weighted by molar-refractivity contribution is 0.332. The smallest absolute Gasteiger partial charge is 0.0641 e. The number of para-hydroxylation sites is 2. The van der Waals surface area contributed by atoms with Crippen molar-refractivity contribution in [3.8, 4) is 22.5 Å². The molecule has 10 aromatic rings. The van der Waals surface area contributed by atoms with Gasteiger partial charge in [0.15, 0.2) is 0 Å². The molecule has 11 rings (SSSR count). The molecule has 0 spiro atoms. The summed E-state index contributed by atoms with van der Waals surface area (Å²) in [6, 6.07) is 54.6. The Morgan fingerprint density at radius 1 is 0.434 bits per heavy atom. The van der Waals surface area contributed by atoms with Gasteiger partial charge >= 0.3 is 0 Å². The zero-order valence-electron chi connectivity index (χ0n) is 30.6. The van der Waals surface area contributed by atoms with Crippen LogP contribution in [0.5, 0.6) is 0 Å². The number of rotatable bonds is 3. The summed E-state index contributed by atoms with van der Waals surface area (Å²) in [5.41, 5.74) is 13.1. The molecule has 3 heterocycles. The fourth-order valence-corrected chi connectivity index (χ4v) is 10.5. The van der Waals surface area contributed by atoms with Crippen LogP contribution in [-0.2, 0) is 10.8 Å². The van der Waals surface area contributed by atoms with Crippen LogP contribution in [0.25, 0.3) is 86.3 Å². The van der Waals surface area contributed by atoms with Gasteiger partial charge in [0.2, 0.25) is 0 Å². The Bertz CT molecular complexity index is 3090. The normalized spacial score (nSPS) is 15.3. The van der Waals surface area contributed by atoms with E-state index in [4.69, 9.17) is 0 Å². The van der Waals surface area contributed by atoms with Crippen LogP contribution >= 0.6 is 11.3 Å². The highest BCUT2D eigenvalue weighted by Crippen LogP contribution is 2.50. The highest BCUT2D eigenvalue weighted by atomic mass is 32.1. The van der Waals surface area contributed by atoms with Crippen LogP contribution < -0.4 is 0 Å². The van der Waals surface area contributed by atoms with E-state index >= 15 is 0 Å². The predicted molar refractivity (Wildman–Crippen MR) is 229 cm³/mol. The van der Waals surface area contributed by atoms with E-state index < -0.39 is 0 Å². The Kier molecular flexibility index (Phi) is 6.39. The standard InChI is InChI=1S/C50H40N2S/c1-49(2)26-27-50(3,4)41-30-44-39(29-40(41)49)47-43(51(44)33-12-6-5-7-13-33)24-23-37-35-14-8-10-16-42(35)52(48(37)47)34-21-18-31(19-22-34)32-20-25-46-38(28-32)36-15-9-11-17-45(36)53-46/h5-25,28-30H,26-27H2,1-4H3. The Balaban J connectivity index is 1.20.